The SMILES string of the molecule is C=Cc1c(C)c2[nH]c1=CC1=NC(=CC3=C(CCC(=O)O)C(=CO)C(=N3)C=C3N=C(C=2)C([C@@H](O)CC/C=C(\C)CC/C=C(/C)CCC=C(C)C)=C3C)C(CCC(=O)O)=C1C. The molecule has 10 nitrogen and oxygen atoms in total. The monoisotopic (exact) mass is 798 g/mol. The average Bonchev–Trinajstić information content (AvgIpc) is 3.85. The number of hydrogen-bond acceptors (Lipinski definition) is 7. The number of carboxylic acid groups (broad SMARTS) is 2. The van der Waals surface area contributed by atoms with Crippen LogP contribution in [-0.4, -0.2) is 60.6 Å². The number of rotatable bonds is 17. The number of aliphatic imine (C=N–C) groups is 3. The maximum absolute atomic E-state index is 11.9. The Morgan fingerprint density at radius 3 is 1.97 bits per heavy atom. The molecule has 4 aliphatic heterocycles. The van der Waals surface area contributed by atoms with Gasteiger partial charge in [-0.15, -0.1) is 0 Å². The van der Waals surface area contributed by atoms with E-state index in [9.17, 15) is 30.0 Å². The van der Waals surface area contributed by atoms with E-state index in [0.29, 0.717) is 63.8 Å². The summed E-state index contributed by atoms with van der Waals surface area (Å²) in [5.41, 5.74) is 12.8. The van der Waals surface area contributed by atoms with E-state index in [1.807, 2.05) is 32.9 Å². The molecule has 0 unspecified atom stereocenters. The van der Waals surface area contributed by atoms with Crippen molar-refractivity contribution in [1.82, 2.24) is 4.98 Å². The first-order chi connectivity index (χ1) is 28.1. The number of nitrogens with zero attached hydrogens (tertiary/aromatic N) is 3. The molecule has 5 heterocycles. The highest BCUT2D eigenvalue weighted by molar-refractivity contribution is 6.25. The van der Waals surface area contributed by atoms with E-state index in [0.717, 1.165) is 70.5 Å². The topological polar surface area (TPSA) is 168 Å². The third-order valence-electron chi connectivity index (χ3n) is 11.2. The number of aliphatic hydroxyl groups is 2. The van der Waals surface area contributed by atoms with Crippen molar-refractivity contribution in [2.75, 3.05) is 0 Å². The van der Waals surface area contributed by atoms with E-state index in [-0.39, 0.29) is 25.7 Å². The second kappa shape index (κ2) is 19.7. The lowest BCUT2D eigenvalue weighted by Crippen LogP contribution is -2.20. The molecule has 0 aliphatic carbocycles. The highest BCUT2D eigenvalue weighted by Gasteiger charge is 2.30. The molecular weight excluding hydrogens is 741 g/mol. The Morgan fingerprint density at radius 1 is 0.729 bits per heavy atom. The first-order valence-electron chi connectivity index (χ1n) is 20.4. The molecule has 0 amide bonds. The number of allylic oxidation sites excluding steroid dienone is 13. The fourth-order valence-electron chi connectivity index (χ4n) is 7.81. The van der Waals surface area contributed by atoms with E-state index >= 15 is 0 Å². The van der Waals surface area contributed by atoms with Crippen molar-refractivity contribution < 1.29 is 30.0 Å². The van der Waals surface area contributed by atoms with Gasteiger partial charge in [0.25, 0.3) is 0 Å². The first kappa shape index (κ1) is 44.2. The van der Waals surface area contributed by atoms with Gasteiger partial charge >= 0.3 is 11.9 Å². The summed E-state index contributed by atoms with van der Waals surface area (Å²) in [5, 5.41) is 43.2. The van der Waals surface area contributed by atoms with Crippen molar-refractivity contribution in [2.45, 2.75) is 119 Å². The average molecular weight is 799 g/mol. The predicted octanol–water partition coefficient (Wildman–Crippen LogP) is 9.29. The summed E-state index contributed by atoms with van der Waals surface area (Å²) in [4.78, 5) is 41.9. The minimum absolute atomic E-state index is 0.0833. The van der Waals surface area contributed by atoms with E-state index in [1.54, 1.807) is 18.2 Å². The number of carboxylic acids is 2. The maximum atomic E-state index is 11.9. The Balaban J connectivity index is 1.58. The van der Waals surface area contributed by atoms with Gasteiger partial charge in [-0.05, 0) is 152 Å². The van der Waals surface area contributed by atoms with Gasteiger partial charge in [-0.2, -0.15) is 0 Å². The fraction of sp³-hybridized carbons (Fsp3) is 0.367. The molecule has 1 aromatic rings. The van der Waals surface area contributed by atoms with Crippen LogP contribution in [0.25, 0.3) is 18.2 Å². The lowest BCUT2D eigenvalue weighted by molar-refractivity contribution is -0.137. The largest absolute Gasteiger partial charge is 0.515 e. The molecule has 4 aliphatic rings. The van der Waals surface area contributed by atoms with Gasteiger partial charge in [0.1, 0.15) is 0 Å². The van der Waals surface area contributed by atoms with Crippen LogP contribution >= 0.6 is 0 Å². The summed E-state index contributed by atoms with van der Waals surface area (Å²) in [6.07, 6.45) is 21.3. The number of carbonyl (C=O) groups is 2. The number of fused-ring (bicyclic) bond motifs is 5. The minimum atomic E-state index is -1.00. The number of aliphatic carboxylic acids is 2. The Morgan fingerprint density at radius 2 is 1.34 bits per heavy atom. The van der Waals surface area contributed by atoms with Crippen LogP contribution in [0.1, 0.15) is 117 Å². The quantitative estimate of drug-likeness (QED) is 0.0778. The molecule has 1 aromatic heterocycles. The van der Waals surface area contributed by atoms with Gasteiger partial charge in [-0.25, -0.2) is 15.0 Å². The molecule has 10 heteroatoms. The van der Waals surface area contributed by atoms with E-state index < -0.39 is 18.0 Å². The van der Waals surface area contributed by atoms with Crippen LogP contribution in [0.3, 0.4) is 0 Å². The molecule has 5 rings (SSSR count). The van der Waals surface area contributed by atoms with Crippen LogP contribution in [0.4, 0.5) is 0 Å². The molecule has 0 aromatic carbocycles. The Bertz CT molecular complexity index is 2440. The van der Waals surface area contributed by atoms with Gasteiger partial charge in [-0.1, -0.05) is 47.6 Å². The van der Waals surface area contributed by atoms with Crippen molar-refractivity contribution in [1.29, 1.82) is 0 Å². The molecule has 0 radical (unpaired) electrons. The molecule has 5 N–H and O–H groups in total. The molecule has 8 bridgehead atoms. The molecule has 0 spiro atoms. The van der Waals surface area contributed by atoms with Crippen molar-refractivity contribution in [3.05, 3.63) is 132 Å². The highest BCUT2D eigenvalue weighted by Crippen LogP contribution is 2.37. The highest BCUT2D eigenvalue weighted by atomic mass is 16.4. The van der Waals surface area contributed by atoms with Crippen molar-refractivity contribution in [2.24, 2.45) is 15.0 Å². The Hall–Kier alpha value is -5.87. The third kappa shape index (κ3) is 10.8. The van der Waals surface area contributed by atoms with Gasteiger partial charge in [0.05, 0.1) is 46.6 Å². The number of nitrogens with one attached hydrogen (secondary N) is 1. The van der Waals surface area contributed by atoms with E-state index in [2.05, 4.69) is 57.5 Å². The Labute approximate surface area is 347 Å². The zero-order chi connectivity index (χ0) is 43.0. The smallest absolute Gasteiger partial charge is 0.303 e. The molecule has 310 valence electrons. The van der Waals surface area contributed by atoms with Crippen LogP contribution in [0.15, 0.2) is 125 Å². The van der Waals surface area contributed by atoms with Gasteiger partial charge < -0.3 is 25.4 Å². The van der Waals surface area contributed by atoms with Crippen molar-refractivity contribution >= 4 is 47.3 Å². The summed E-state index contributed by atoms with van der Waals surface area (Å²) < 4.78 is 0. The van der Waals surface area contributed by atoms with Crippen LogP contribution in [0, 0.1) is 6.92 Å². The number of aliphatic hydroxyl groups excluding tert-OH is 2. The molecule has 0 saturated carbocycles. The van der Waals surface area contributed by atoms with E-state index in [4.69, 9.17) is 15.0 Å². The second-order valence-electron chi connectivity index (χ2n) is 15.9. The summed E-state index contributed by atoms with van der Waals surface area (Å²) in [6, 6.07) is 0. The molecule has 0 saturated heterocycles. The maximum Gasteiger partial charge on any atom is 0.303 e. The predicted molar refractivity (Wildman–Crippen MR) is 240 cm³/mol. The first-order valence-corrected chi connectivity index (χ1v) is 20.4. The van der Waals surface area contributed by atoms with Gasteiger partial charge in [0, 0.05) is 40.2 Å². The van der Waals surface area contributed by atoms with Crippen LogP contribution in [0.5, 0.6) is 0 Å². The van der Waals surface area contributed by atoms with Crippen molar-refractivity contribution in [3.8, 4) is 0 Å². The molecule has 1 atom stereocenters. The van der Waals surface area contributed by atoms with Crippen LogP contribution in [-0.2, 0) is 9.59 Å². The summed E-state index contributed by atoms with van der Waals surface area (Å²) in [6.45, 7) is 18.5. The summed E-state index contributed by atoms with van der Waals surface area (Å²) >= 11 is 0. The number of aromatic amines is 1. The van der Waals surface area contributed by atoms with Gasteiger partial charge in [0.15, 0.2) is 0 Å². The standard InChI is InChI=1S/C49H58N4O6/c1-9-34-31(6)39-25-45-49(46(55)18-12-17-30(5)16-11-15-29(4)14-10-13-28(2)3)33(8)40(52-45)24-44-37(27-54)36(20-22-48(58)59)43(53-44)26-42-35(19-21-47(56)57)32(7)38(51-42)23-41(34)50-39/h9,13,15,17,23-27,46,50,54-55H,1,10-12,14,16,18-22H2,2-8H3,(H,56,57)(H,58,59)/b29-15-,30-17+,37-27?,39-25?,40-24?,41-23?,42-26?/t46-/m0/s1. The lowest BCUT2D eigenvalue weighted by atomic mass is 9.94. The Kier molecular flexibility index (Phi) is 14.8. The van der Waals surface area contributed by atoms with Gasteiger partial charge in [0.2, 0.25) is 0 Å². The zero-order valence-electron chi connectivity index (χ0n) is 35.5. The van der Waals surface area contributed by atoms with Crippen LogP contribution < -0.4 is 10.7 Å². The number of aromatic nitrogens is 1. The van der Waals surface area contributed by atoms with E-state index in [1.165, 1.54) is 16.7 Å². The van der Waals surface area contributed by atoms with Crippen LogP contribution in [0.2, 0.25) is 0 Å². The number of H-pyrrole nitrogens is 1. The minimum Gasteiger partial charge on any atom is -0.515 e. The third-order valence-corrected chi connectivity index (χ3v) is 11.2. The normalized spacial score (nSPS) is 18.0. The summed E-state index contributed by atoms with van der Waals surface area (Å²) in [7, 11) is 0. The molecule has 0 fully saturated rings. The van der Waals surface area contributed by atoms with Crippen molar-refractivity contribution in [3.63, 3.8) is 0 Å². The van der Waals surface area contributed by atoms with Gasteiger partial charge in [-0.3, -0.25) is 9.59 Å². The molecular formula is C49H58N4O6. The summed E-state index contributed by atoms with van der Waals surface area (Å²) in [5.74, 6) is -1.94. The lowest BCUT2D eigenvalue weighted by Gasteiger charge is -2.13. The fourth-order valence-corrected chi connectivity index (χ4v) is 7.81. The number of hydrogen-bond donors (Lipinski definition) is 5. The molecule has 59 heavy (non-hydrogen) atoms. The second-order valence-corrected chi connectivity index (χ2v) is 15.9. The zero-order valence-corrected chi connectivity index (χ0v) is 35.5.